The summed E-state index contributed by atoms with van der Waals surface area (Å²) in [6.07, 6.45) is 1.56. The van der Waals surface area contributed by atoms with E-state index in [1.807, 2.05) is 0 Å². The third-order valence-electron chi connectivity index (χ3n) is 4.88. The molecule has 4 atom stereocenters. The zero-order valence-corrected chi connectivity index (χ0v) is 17.5. The molecule has 0 aliphatic heterocycles. The number of nitrogens with two attached hydrogens (primary N) is 1. The Balaban J connectivity index is 2.25. The molecule has 2 rings (SSSR count). The second kappa shape index (κ2) is 11.9. The number of carboxylic acid groups (broad SMARTS) is 1. The van der Waals surface area contributed by atoms with Gasteiger partial charge in [0.1, 0.15) is 24.2 Å². The number of aromatic amines is 1. The molecule has 1 aromatic carbocycles. The standard InChI is InChI=1S/C20H27N5O8/c21-12(7-26)17(29)24-15(8-27)19(31)23-14(18(30)25-16(9-28)20(32)33)5-10-6-22-13-4-2-1-3-11(10)13/h1-4,6,12,14-16,22,26-28H,5,7-9,21H2,(H,23,31)(H,24,29)(H,25,30)(H,32,33). The fraction of sp³-hybridized carbons (Fsp3) is 0.400. The fourth-order valence-electron chi connectivity index (χ4n) is 3.02. The molecule has 2 aromatic rings. The smallest absolute Gasteiger partial charge is 0.328 e. The summed E-state index contributed by atoms with van der Waals surface area (Å²) in [5.41, 5.74) is 6.80. The lowest BCUT2D eigenvalue weighted by molar-refractivity contribution is -0.143. The zero-order chi connectivity index (χ0) is 24.5. The first-order valence-corrected chi connectivity index (χ1v) is 9.98. The van der Waals surface area contributed by atoms with Gasteiger partial charge in [0.25, 0.3) is 0 Å². The van der Waals surface area contributed by atoms with Gasteiger partial charge in [-0.1, -0.05) is 18.2 Å². The van der Waals surface area contributed by atoms with Crippen LogP contribution in [0.5, 0.6) is 0 Å². The quantitative estimate of drug-likeness (QED) is 0.152. The minimum atomic E-state index is -1.60. The van der Waals surface area contributed by atoms with Crippen LogP contribution in [0.25, 0.3) is 10.9 Å². The third-order valence-corrected chi connectivity index (χ3v) is 4.88. The van der Waals surface area contributed by atoms with Gasteiger partial charge in [-0.3, -0.25) is 14.4 Å². The van der Waals surface area contributed by atoms with Crippen molar-refractivity contribution in [3.05, 3.63) is 36.0 Å². The van der Waals surface area contributed by atoms with Crippen LogP contribution in [0, 0.1) is 0 Å². The Morgan fingerprint density at radius 1 is 0.848 bits per heavy atom. The molecule has 4 unspecified atom stereocenters. The Labute approximate surface area is 188 Å². The summed E-state index contributed by atoms with van der Waals surface area (Å²) >= 11 is 0. The average Bonchev–Trinajstić information content (AvgIpc) is 3.22. The number of H-pyrrole nitrogens is 1. The molecule has 13 nitrogen and oxygen atoms in total. The minimum Gasteiger partial charge on any atom is -0.480 e. The van der Waals surface area contributed by atoms with E-state index in [0.717, 1.165) is 10.9 Å². The molecule has 0 spiro atoms. The maximum Gasteiger partial charge on any atom is 0.328 e. The summed E-state index contributed by atoms with van der Waals surface area (Å²) < 4.78 is 0. The van der Waals surface area contributed by atoms with Crippen molar-refractivity contribution in [1.29, 1.82) is 0 Å². The van der Waals surface area contributed by atoms with Crippen molar-refractivity contribution in [3.63, 3.8) is 0 Å². The molecule has 1 aromatic heterocycles. The van der Waals surface area contributed by atoms with Crippen LogP contribution in [0.15, 0.2) is 30.5 Å². The molecule has 0 fully saturated rings. The predicted octanol–water partition coefficient (Wildman–Crippen LogP) is -3.45. The summed E-state index contributed by atoms with van der Waals surface area (Å²) in [6, 6.07) is 1.46. The second-order valence-corrected chi connectivity index (χ2v) is 7.24. The average molecular weight is 465 g/mol. The third kappa shape index (κ3) is 6.73. The number of carbonyl (C=O) groups excluding carboxylic acids is 3. The predicted molar refractivity (Wildman–Crippen MR) is 115 cm³/mol. The van der Waals surface area contributed by atoms with Crippen molar-refractivity contribution in [3.8, 4) is 0 Å². The van der Waals surface area contributed by atoms with E-state index >= 15 is 0 Å². The molecule has 3 amide bonds. The molecule has 0 bridgehead atoms. The van der Waals surface area contributed by atoms with Crippen molar-refractivity contribution >= 4 is 34.6 Å². The minimum absolute atomic E-state index is 0.0679. The Hall–Kier alpha value is -3.52. The van der Waals surface area contributed by atoms with Gasteiger partial charge < -0.3 is 47.1 Å². The van der Waals surface area contributed by atoms with Crippen molar-refractivity contribution < 1.29 is 39.6 Å². The van der Waals surface area contributed by atoms with Gasteiger partial charge in [0, 0.05) is 23.5 Å². The number of aliphatic hydroxyl groups excluding tert-OH is 3. The number of rotatable bonds is 12. The highest BCUT2D eigenvalue weighted by atomic mass is 16.4. The number of nitrogens with one attached hydrogen (secondary N) is 4. The van der Waals surface area contributed by atoms with Gasteiger partial charge in [-0.25, -0.2) is 4.79 Å². The zero-order valence-electron chi connectivity index (χ0n) is 17.5. The largest absolute Gasteiger partial charge is 0.480 e. The summed E-state index contributed by atoms with van der Waals surface area (Å²) in [5, 5.41) is 44.2. The molecule has 0 aliphatic carbocycles. The van der Waals surface area contributed by atoms with E-state index in [4.69, 9.17) is 15.9 Å². The Kier molecular flexibility index (Phi) is 9.30. The Morgan fingerprint density at radius 3 is 2.03 bits per heavy atom. The summed E-state index contributed by atoms with van der Waals surface area (Å²) in [5.74, 6) is -4.20. The molecule has 180 valence electrons. The van der Waals surface area contributed by atoms with Crippen molar-refractivity contribution in [2.45, 2.75) is 30.6 Å². The van der Waals surface area contributed by atoms with E-state index in [9.17, 15) is 29.4 Å². The highest BCUT2D eigenvalue weighted by Gasteiger charge is 2.30. The summed E-state index contributed by atoms with van der Waals surface area (Å²) in [4.78, 5) is 51.5. The first-order chi connectivity index (χ1) is 15.7. The van der Waals surface area contributed by atoms with Crippen molar-refractivity contribution in [2.75, 3.05) is 19.8 Å². The number of hydrogen-bond donors (Lipinski definition) is 9. The van der Waals surface area contributed by atoms with Crippen molar-refractivity contribution in [2.24, 2.45) is 5.73 Å². The molecule has 13 heteroatoms. The summed E-state index contributed by atoms with van der Waals surface area (Å²) in [6.45, 7) is -2.39. The molecule has 0 radical (unpaired) electrons. The van der Waals surface area contributed by atoms with Gasteiger partial charge in [-0.2, -0.15) is 0 Å². The van der Waals surface area contributed by atoms with Crippen LogP contribution in [-0.4, -0.2) is 93.1 Å². The SMILES string of the molecule is NC(CO)C(=O)NC(CO)C(=O)NC(Cc1c[nH]c2ccccc12)C(=O)NC(CO)C(=O)O. The van der Waals surface area contributed by atoms with Crippen LogP contribution >= 0.6 is 0 Å². The molecule has 1 heterocycles. The lowest BCUT2D eigenvalue weighted by Crippen LogP contribution is -2.59. The van der Waals surface area contributed by atoms with Crippen LogP contribution in [-0.2, 0) is 25.6 Å². The van der Waals surface area contributed by atoms with E-state index in [2.05, 4.69) is 20.9 Å². The van der Waals surface area contributed by atoms with Gasteiger partial charge in [-0.15, -0.1) is 0 Å². The van der Waals surface area contributed by atoms with E-state index < -0.39 is 67.7 Å². The number of para-hydroxylation sites is 1. The van der Waals surface area contributed by atoms with Crippen molar-refractivity contribution in [1.82, 2.24) is 20.9 Å². The van der Waals surface area contributed by atoms with Gasteiger partial charge in [-0.05, 0) is 11.6 Å². The van der Waals surface area contributed by atoms with E-state index in [-0.39, 0.29) is 6.42 Å². The maximum atomic E-state index is 12.8. The van der Waals surface area contributed by atoms with Gasteiger partial charge in [0.05, 0.1) is 19.8 Å². The molecule has 0 aliphatic rings. The molecule has 10 N–H and O–H groups in total. The topological polar surface area (TPSA) is 227 Å². The van der Waals surface area contributed by atoms with Gasteiger partial charge in [0.2, 0.25) is 17.7 Å². The maximum absolute atomic E-state index is 12.8. The number of carboxylic acids is 1. The molecular weight excluding hydrogens is 438 g/mol. The molecule has 0 saturated carbocycles. The number of carbonyl (C=O) groups is 4. The number of fused-ring (bicyclic) bond motifs is 1. The number of amides is 3. The van der Waals surface area contributed by atoms with E-state index in [1.165, 1.54) is 0 Å². The monoisotopic (exact) mass is 465 g/mol. The fourth-order valence-corrected chi connectivity index (χ4v) is 3.02. The second-order valence-electron chi connectivity index (χ2n) is 7.24. The molecular formula is C20H27N5O8. The highest BCUT2D eigenvalue weighted by molar-refractivity contribution is 5.95. The highest BCUT2D eigenvalue weighted by Crippen LogP contribution is 2.19. The first-order valence-electron chi connectivity index (χ1n) is 9.98. The lowest BCUT2D eigenvalue weighted by Gasteiger charge is -2.24. The van der Waals surface area contributed by atoms with Crippen LogP contribution in [0.2, 0.25) is 0 Å². The van der Waals surface area contributed by atoms with Gasteiger partial charge >= 0.3 is 5.97 Å². The van der Waals surface area contributed by atoms with Crippen LogP contribution in [0.3, 0.4) is 0 Å². The number of aliphatic hydroxyl groups is 3. The first kappa shape index (κ1) is 25.7. The molecule has 33 heavy (non-hydrogen) atoms. The van der Waals surface area contributed by atoms with Crippen LogP contribution in [0.1, 0.15) is 5.56 Å². The van der Waals surface area contributed by atoms with E-state index in [0.29, 0.717) is 5.56 Å². The Bertz CT molecular complexity index is 994. The van der Waals surface area contributed by atoms with Crippen LogP contribution < -0.4 is 21.7 Å². The number of aliphatic carboxylic acids is 1. The number of hydrogen-bond acceptors (Lipinski definition) is 8. The van der Waals surface area contributed by atoms with Crippen LogP contribution in [0.4, 0.5) is 0 Å². The van der Waals surface area contributed by atoms with E-state index in [1.54, 1.807) is 30.5 Å². The summed E-state index contributed by atoms with van der Waals surface area (Å²) in [7, 11) is 0. The van der Waals surface area contributed by atoms with Gasteiger partial charge in [0.15, 0.2) is 0 Å². The molecule has 0 saturated heterocycles. The Morgan fingerprint density at radius 2 is 1.42 bits per heavy atom. The number of benzene rings is 1. The lowest BCUT2D eigenvalue weighted by atomic mass is 10.0. The normalized spacial score (nSPS) is 14.7. The number of aromatic nitrogens is 1.